The monoisotopic (exact) mass is 540 g/mol. The van der Waals surface area contributed by atoms with Crippen molar-refractivity contribution in [3.63, 3.8) is 0 Å². The fourth-order valence-electron chi connectivity index (χ4n) is 3.33. The first kappa shape index (κ1) is 25.5. The zero-order valence-corrected chi connectivity index (χ0v) is 21.0. The van der Waals surface area contributed by atoms with Crippen LogP contribution >= 0.6 is 35.7 Å². The predicted octanol–water partition coefficient (Wildman–Crippen LogP) is 3.08. The van der Waals surface area contributed by atoms with Crippen LogP contribution in [0.3, 0.4) is 0 Å². The number of sulfonamides is 1. The molecule has 28 heavy (non-hydrogen) atoms. The molecule has 1 saturated carbocycles. The van der Waals surface area contributed by atoms with Gasteiger partial charge in [0.15, 0.2) is 5.96 Å². The number of guanidine groups is 1. The van der Waals surface area contributed by atoms with Crippen LogP contribution < -0.4 is 15.4 Å². The van der Waals surface area contributed by atoms with Crippen molar-refractivity contribution in [3.05, 3.63) is 35.4 Å². The molecule has 0 aliphatic heterocycles. The Morgan fingerprint density at radius 2 is 1.93 bits per heavy atom. The average molecular weight is 541 g/mol. The fourth-order valence-corrected chi connectivity index (χ4v) is 5.62. The lowest BCUT2D eigenvalue weighted by atomic mass is 10.1. The third-order valence-corrected chi connectivity index (χ3v) is 7.22. The molecule has 3 N–H and O–H groups in total. The number of hydrogen-bond acceptors (Lipinski definition) is 4. The SMILES string of the molecule is CN=C(NCc1ccccc1CS(=O)(=O)NC(C)C)NC1CCC(SC)C1.I. The minimum absolute atomic E-state index is 0. The lowest BCUT2D eigenvalue weighted by molar-refractivity contribution is 0.568. The Labute approximate surface area is 191 Å². The fraction of sp³-hybridized carbons (Fsp3) is 0.632. The summed E-state index contributed by atoms with van der Waals surface area (Å²) in [5.41, 5.74) is 1.76. The zero-order valence-electron chi connectivity index (χ0n) is 17.1. The van der Waals surface area contributed by atoms with Crippen molar-refractivity contribution in [1.29, 1.82) is 0 Å². The van der Waals surface area contributed by atoms with Gasteiger partial charge in [-0.15, -0.1) is 24.0 Å². The van der Waals surface area contributed by atoms with Crippen LogP contribution in [0.4, 0.5) is 0 Å². The quantitative estimate of drug-likeness (QED) is 0.268. The summed E-state index contributed by atoms with van der Waals surface area (Å²) in [5.74, 6) is 0.743. The number of hydrogen-bond donors (Lipinski definition) is 3. The van der Waals surface area contributed by atoms with Crippen LogP contribution in [0.5, 0.6) is 0 Å². The highest BCUT2D eigenvalue weighted by atomic mass is 127. The van der Waals surface area contributed by atoms with Crippen LogP contribution in [-0.2, 0) is 22.3 Å². The molecule has 1 aromatic rings. The number of aliphatic imine (C=N–C) groups is 1. The normalized spacial score (nSPS) is 20.1. The first-order valence-corrected chi connectivity index (χ1v) is 12.3. The topological polar surface area (TPSA) is 82.6 Å². The summed E-state index contributed by atoms with van der Waals surface area (Å²) in [6, 6.07) is 7.96. The van der Waals surface area contributed by atoms with Crippen molar-refractivity contribution in [2.24, 2.45) is 4.99 Å². The van der Waals surface area contributed by atoms with Crippen LogP contribution in [0.2, 0.25) is 0 Å². The lowest BCUT2D eigenvalue weighted by Gasteiger charge is -2.18. The molecule has 0 heterocycles. The first-order valence-electron chi connectivity index (χ1n) is 9.39. The molecule has 0 amide bonds. The van der Waals surface area contributed by atoms with Crippen molar-refractivity contribution in [1.82, 2.24) is 15.4 Å². The van der Waals surface area contributed by atoms with E-state index in [0.717, 1.165) is 35.2 Å². The number of halogens is 1. The molecule has 2 unspecified atom stereocenters. The Morgan fingerprint density at radius 1 is 1.25 bits per heavy atom. The molecule has 160 valence electrons. The Morgan fingerprint density at radius 3 is 2.50 bits per heavy atom. The van der Waals surface area contributed by atoms with Crippen LogP contribution in [-0.4, -0.2) is 45.0 Å². The molecule has 2 rings (SSSR count). The summed E-state index contributed by atoms with van der Waals surface area (Å²) in [5, 5.41) is 7.54. The molecule has 0 spiro atoms. The molecule has 6 nitrogen and oxygen atoms in total. The zero-order chi connectivity index (χ0) is 19.9. The summed E-state index contributed by atoms with van der Waals surface area (Å²) < 4.78 is 27.2. The van der Waals surface area contributed by atoms with E-state index in [1.165, 1.54) is 6.42 Å². The first-order chi connectivity index (χ1) is 12.8. The number of thioether (sulfide) groups is 1. The van der Waals surface area contributed by atoms with Crippen molar-refractivity contribution >= 4 is 51.7 Å². The Kier molecular flexibility index (Phi) is 11.2. The van der Waals surface area contributed by atoms with E-state index in [2.05, 4.69) is 26.6 Å². The third kappa shape index (κ3) is 8.46. The van der Waals surface area contributed by atoms with E-state index in [1.807, 2.05) is 49.9 Å². The number of benzene rings is 1. The average Bonchev–Trinajstić information content (AvgIpc) is 3.06. The highest BCUT2D eigenvalue weighted by Crippen LogP contribution is 2.28. The van der Waals surface area contributed by atoms with Gasteiger partial charge in [0, 0.05) is 30.9 Å². The summed E-state index contributed by atoms with van der Waals surface area (Å²) >= 11 is 1.93. The number of rotatable bonds is 8. The van der Waals surface area contributed by atoms with Gasteiger partial charge in [0.1, 0.15) is 0 Å². The second-order valence-corrected chi connectivity index (χ2v) is 10.1. The van der Waals surface area contributed by atoms with Gasteiger partial charge in [-0.25, -0.2) is 13.1 Å². The molecule has 2 atom stereocenters. The van der Waals surface area contributed by atoms with Gasteiger partial charge in [-0.3, -0.25) is 4.99 Å². The standard InChI is InChI=1S/C19H32N4O2S2.HI/c1-14(2)23-27(24,25)13-16-8-6-5-7-15(16)12-21-19(20-3)22-17-9-10-18(11-17)26-4;/h5-8,14,17-18,23H,9-13H2,1-4H3,(H2,20,21,22);1H. The Hall–Kier alpha value is -0.520. The molecule has 0 aromatic heterocycles. The summed E-state index contributed by atoms with van der Waals surface area (Å²) in [6.45, 7) is 4.18. The number of nitrogens with zero attached hydrogens (tertiary/aromatic N) is 1. The van der Waals surface area contributed by atoms with Crippen LogP contribution in [0.1, 0.15) is 44.2 Å². The lowest BCUT2D eigenvalue weighted by Crippen LogP contribution is -2.42. The maximum Gasteiger partial charge on any atom is 0.216 e. The smallest absolute Gasteiger partial charge is 0.216 e. The number of nitrogens with one attached hydrogen (secondary N) is 3. The second-order valence-electron chi connectivity index (χ2n) is 7.24. The van der Waals surface area contributed by atoms with Gasteiger partial charge in [-0.05, 0) is 50.5 Å². The molecule has 1 aliphatic carbocycles. The molecule has 1 fully saturated rings. The predicted molar refractivity (Wildman–Crippen MR) is 131 cm³/mol. The third-order valence-electron chi connectivity index (χ3n) is 4.61. The van der Waals surface area contributed by atoms with Crippen molar-refractivity contribution in [3.8, 4) is 0 Å². The van der Waals surface area contributed by atoms with Crippen molar-refractivity contribution in [2.45, 2.75) is 62.7 Å². The minimum Gasteiger partial charge on any atom is -0.354 e. The van der Waals surface area contributed by atoms with Crippen molar-refractivity contribution < 1.29 is 8.42 Å². The van der Waals surface area contributed by atoms with Gasteiger partial charge in [-0.1, -0.05) is 24.3 Å². The van der Waals surface area contributed by atoms with Gasteiger partial charge in [0.2, 0.25) is 10.0 Å². The summed E-state index contributed by atoms with van der Waals surface area (Å²) in [4.78, 5) is 4.32. The van der Waals surface area contributed by atoms with E-state index < -0.39 is 10.0 Å². The molecule has 0 radical (unpaired) electrons. The maximum absolute atomic E-state index is 12.3. The molecule has 1 aliphatic rings. The van der Waals surface area contributed by atoms with Crippen LogP contribution in [0, 0.1) is 0 Å². The van der Waals surface area contributed by atoms with Gasteiger partial charge in [0.05, 0.1) is 5.75 Å². The largest absolute Gasteiger partial charge is 0.354 e. The Balaban J connectivity index is 0.00000392. The highest BCUT2D eigenvalue weighted by Gasteiger charge is 2.24. The molecular weight excluding hydrogens is 507 g/mol. The van der Waals surface area contributed by atoms with E-state index in [1.54, 1.807) is 7.05 Å². The Bertz CT molecular complexity index is 741. The summed E-state index contributed by atoms with van der Waals surface area (Å²) in [7, 11) is -1.59. The maximum atomic E-state index is 12.3. The van der Waals surface area contributed by atoms with E-state index in [-0.39, 0.29) is 35.8 Å². The summed E-state index contributed by atoms with van der Waals surface area (Å²) in [6.07, 6.45) is 5.71. The van der Waals surface area contributed by atoms with Gasteiger partial charge in [-0.2, -0.15) is 11.8 Å². The van der Waals surface area contributed by atoms with E-state index >= 15 is 0 Å². The highest BCUT2D eigenvalue weighted by molar-refractivity contribution is 14.0. The van der Waals surface area contributed by atoms with Gasteiger partial charge in [0.25, 0.3) is 0 Å². The van der Waals surface area contributed by atoms with E-state index in [9.17, 15) is 8.42 Å². The minimum atomic E-state index is -3.35. The molecular formula is C19H33IN4O2S2. The van der Waals surface area contributed by atoms with Crippen LogP contribution in [0.15, 0.2) is 29.3 Å². The van der Waals surface area contributed by atoms with Crippen molar-refractivity contribution in [2.75, 3.05) is 13.3 Å². The molecule has 1 aromatic carbocycles. The van der Waals surface area contributed by atoms with Gasteiger partial charge >= 0.3 is 0 Å². The molecule has 0 saturated heterocycles. The molecule has 9 heteroatoms. The second kappa shape index (κ2) is 12.2. The van der Waals surface area contributed by atoms with Crippen LogP contribution in [0.25, 0.3) is 0 Å². The van der Waals surface area contributed by atoms with E-state index in [4.69, 9.17) is 0 Å². The van der Waals surface area contributed by atoms with Gasteiger partial charge < -0.3 is 10.6 Å². The van der Waals surface area contributed by atoms with E-state index in [0.29, 0.717) is 12.6 Å². The molecule has 0 bridgehead atoms.